The summed E-state index contributed by atoms with van der Waals surface area (Å²) in [4.78, 5) is 35.2. The minimum atomic E-state index is -1.23. The lowest BCUT2D eigenvalue weighted by molar-refractivity contribution is -0.156. The van der Waals surface area contributed by atoms with Gasteiger partial charge in [0.05, 0.1) is 0 Å². The van der Waals surface area contributed by atoms with E-state index in [2.05, 4.69) is 0 Å². The number of esters is 1. The van der Waals surface area contributed by atoms with Gasteiger partial charge in [0.25, 0.3) is 5.91 Å². The van der Waals surface area contributed by atoms with Crippen LogP contribution in [0.25, 0.3) is 0 Å². The van der Waals surface area contributed by atoms with Crippen molar-refractivity contribution in [1.82, 2.24) is 4.90 Å². The molecule has 0 aromatic heterocycles. The topological polar surface area (TPSA) is 83.9 Å². The maximum Gasteiger partial charge on any atom is 0.334 e. The molecule has 0 aliphatic carbocycles. The van der Waals surface area contributed by atoms with Gasteiger partial charge in [-0.15, -0.1) is 0 Å². The Hall–Kier alpha value is -1.85. The Labute approximate surface area is 106 Å². The fourth-order valence-corrected chi connectivity index (χ4v) is 1.34. The number of carbonyl (C=O) groups is 3. The maximum absolute atomic E-state index is 11.8. The van der Waals surface area contributed by atoms with Crippen molar-refractivity contribution in [2.45, 2.75) is 33.8 Å². The average Bonchev–Trinajstić information content (AvgIpc) is 2.29. The van der Waals surface area contributed by atoms with Crippen molar-refractivity contribution in [3.8, 4) is 0 Å². The monoisotopic (exact) mass is 257 g/mol. The van der Waals surface area contributed by atoms with Crippen LogP contribution in [-0.2, 0) is 19.1 Å². The number of amides is 1. The molecule has 1 N–H and O–H groups in total. The third-order valence-corrected chi connectivity index (χ3v) is 2.37. The molecular formula is C12H19NO5. The molecule has 0 aromatic rings. The standard InChI is InChI=1S/C12H19NO5/c1-5-13(6-2)11(16)9(4)18-12(17)8(3)7-10(14)15/h7,9H,5-6H2,1-4H3,(H,14,15)/t9-/m1/s1. The van der Waals surface area contributed by atoms with Crippen LogP contribution in [0, 0.1) is 0 Å². The Kier molecular flexibility index (Phi) is 6.70. The third kappa shape index (κ3) is 4.99. The van der Waals surface area contributed by atoms with Gasteiger partial charge < -0.3 is 14.7 Å². The maximum atomic E-state index is 11.8. The summed E-state index contributed by atoms with van der Waals surface area (Å²) in [5, 5.41) is 8.48. The van der Waals surface area contributed by atoms with Crippen LogP contribution in [0.2, 0.25) is 0 Å². The van der Waals surface area contributed by atoms with E-state index in [1.165, 1.54) is 18.7 Å². The molecule has 0 spiro atoms. The number of ether oxygens (including phenoxy) is 1. The molecule has 0 aromatic carbocycles. The molecule has 0 aliphatic rings. The van der Waals surface area contributed by atoms with Gasteiger partial charge in [0.2, 0.25) is 0 Å². The highest BCUT2D eigenvalue weighted by Crippen LogP contribution is 2.04. The molecule has 0 unspecified atom stereocenters. The van der Waals surface area contributed by atoms with Crippen molar-refractivity contribution < 1.29 is 24.2 Å². The van der Waals surface area contributed by atoms with E-state index in [4.69, 9.17) is 9.84 Å². The quantitative estimate of drug-likeness (QED) is 0.562. The van der Waals surface area contributed by atoms with Crippen molar-refractivity contribution in [3.05, 3.63) is 11.6 Å². The smallest absolute Gasteiger partial charge is 0.334 e. The zero-order valence-corrected chi connectivity index (χ0v) is 11.1. The molecule has 0 fully saturated rings. The number of nitrogens with zero attached hydrogens (tertiary/aromatic N) is 1. The van der Waals surface area contributed by atoms with E-state index in [-0.39, 0.29) is 11.5 Å². The third-order valence-electron chi connectivity index (χ3n) is 2.37. The number of carboxylic acids is 1. The minimum Gasteiger partial charge on any atom is -0.478 e. The lowest BCUT2D eigenvalue weighted by Crippen LogP contribution is -2.39. The van der Waals surface area contributed by atoms with Gasteiger partial charge in [-0.1, -0.05) is 0 Å². The summed E-state index contributed by atoms with van der Waals surface area (Å²) >= 11 is 0. The summed E-state index contributed by atoms with van der Waals surface area (Å²) in [6.45, 7) is 7.50. The van der Waals surface area contributed by atoms with Gasteiger partial charge in [-0.05, 0) is 27.7 Å². The molecule has 0 saturated heterocycles. The van der Waals surface area contributed by atoms with Gasteiger partial charge in [-0.25, -0.2) is 9.59 Å². The molecule has 0 heterocycles. The highest BCUT2D eigenvalue weighted by atomic mass is 16.5. The van der Waals surface area contributed by atoms with Crippen LogP contribution < -0.4 is 0 Å². The summed E-state index contributed by atoms with van der Waals surface area (Å²) in [7, 11) is 0. The SMILES string of the molecule is CCN(CC)C(=O)[C@@H](C)OC(=O)C(C)=CC(=O)O. The second-order valence-corrected chi connectivity index (χ2v) is 3.72. The molecule has 0 aliphatic heterocycles. The molecule has 0 radical (unpaired) electrons. The number of aliphatic carboxylic acids is 1. The number of rotatable bonds is 6. The molecule has 0 saturated carbocycles. The summed E-state index contributed by atoms with van der Waals surface area (Å²) in [5.41, 5.74) is -0.0540. The lowest BCUT2D eigenvalue weighted by Gasteiger charge is -2.22. The van der Waals surface area contributed by atoms with Crippen LogP contribution in [0.15, 0.2) is 11.6 Å². The molecule has 0 rings (SSSR count). The number of hydrogen-bond acceptors (Lipinski definition) is 4. The van der Waals surface area contributed by atoms with E-state index < -0.39 is 18.0 Å². The average molecular weight is 257 g/mol. The van der Waals surface area contributed by atoms with E-state index in [9.17, 15) is 14.4 Å². The minimum absolute atomic E-state index is 0.0540. The summed E-state index contributed by atoms with van der Waals surface area (Å²) in [6.07, 6.45) is -0.175. The Morgan fingerprint density at radius 2 is 1.78 bits per heavy atom. The largest absolute Gasteiger partial charge is 0.478 e. The molecule has 18 heavy (non-hydrogen) atoms. The van der Waals surface area contributed by atoms with Crippen LogP contribution in [0.5, 0.6) is 0 Å². The Bertz CT molecular complexity index is 357. The molecule has 6 nitrogen and oxygen atoms in total. The first-order valence-electron chi connectivity index (χ1n) is 5.74. The van der Waals surface area contributed by atoms with Crippen molar-refractivity contribution >= 4 is 17.8 Å². The van der Waals surface area contributed by atoms with E-state index in [0.717, 1.165) is 6.08 Å². The van der Waals surface area contributed by atoms with Gasteiger partial charge in [-0.2, -0.15) is 0 Å². The highest BCUT2D eigenvalue weighted by Gasteiger charge is 2.22. The van der Waals surface area contributed by atoms with Gasteiger partial charge in [0.1, 0.15) is 0 Å². The van der Waals surface area contributed by atoms with Crippen molar-refractivity contribution in [3.63, 3.8) is 0 Å². The molecular weight excluding hydrogens is 238 g/mol. The van der Waals surface area contributed by atoms with Gasteiger partial charge >= 0.3 is 11.9 Å². The van der Waals surface area contributed by atoms with Crippen molar-refractivity contribution in [2.75, 3.05) is 13.1 Å². The summed E-state index contributed by atoms with van der Waals surface area (Å²) in [5.74, 6) is -2.32. The van der Waals surface area contributed by atoms with E-state index in [1.807, 2.05) is 13.8 Å². The Balaban J connectivity index is 4.57. The highest BCUT2D eigenvalue weighted by molar-refractivity contribution is 5.96. The number of carboxylic acid groups (broad SMARTS) is 1. The zero-order chi connectivity index (χ0) is 14.3. The predicted molar refractivity (Wildman–Crippen MR) is 64.9 cm³/mol. The first-order chi connectivity index (χ1) is 8.33. The van der Waals surface area contributed by atoms with Crippen molar-refractivity contribution in [1.29, 1.82) is 0 Å². The summed E-state index contributed by atoms with van der Waals surface area (Å²) in [6, 6.07) is 0. The van der Waals surface area contributed by atoms with E-state index in [1.54, 1.807) is 0 Å². The first kappa shape index (κ1) is 16.1. The fourth-order valence-electron chi connectivity index (χ4n) is 1.34. The van der Waals surface area contributed by atoms with Crippen LogP contribution >= 0.6 is 0 Å². The second kappa shape index (κ2) is 7.47. The number of likely N-dealkylation sites (N-methyl/N-ethyl adjacent to an activating group) is 1. The van der Waals surface area contributed by atoms with Gasteiger partial charge in [0, 0.05) is 24.7 Å². The summed E-state index contributed by atoms with van der Waals surface area (Å²) < 4.78 is 4.90. The molecule has 1 atom stereocenters. The van der Waals surface area contributed by atoms with Crippen LogP contribution in [-0.4, -0.2) is 47.0 Å². The fraction of sp³-hybridized carbons (Fsp3) is 0.583. The zero-order valence-electron chi connectivity index (χ0n) is 11.1. The number of carbonyl (C=O) groups excluding carboxylic acids is 2. The lowest BCUT2D eigenvalue weighted by atomic mass is 10.2. The number of hydrogen-bond donors (Lipinski definition) is 1. The molecule has 1 amide bonds. The van der Waals surface area contributed by atoms with Crippen LogP contribution in [0.4, 0.5) is 0 Å². The Morgan fingerprint density at radius 3 is 2.17 bits per heavy atom. The van der Waals surface area contributed by atoms with E-state index >= 15 is 0 Å². The predicted octanol–water partition coefficient (Wildman–Crippen LogP) is 0.817. The molecule has 6 heteroatoms. The van der Waals surface area contributed by atoms with Crippen molar-refractivity contribution in [2.24, 2.45) is 0 Å². The Morgan fingerprint density at radius 1 is 1.28 bits per heavy atom. The first-order valence-corrected chi connectivity index (χ1v) is 5.74. The normalized spacial score (nSPS) is 12.8. The second-order valence-electron chi connectivity index (χ2n) is 3.72. The van der Waals surface area contributed by atoms with Crippen LogP contribution in [0.1, 0.15) is 27.7 Å². The van der Waals surface area contributed by atoms with Gasteiger partial charge in [0.15, 0.2) is 6.10 Å². The molecule has 0 bridgehead atoms. The molecule has 102 valence electrons. The van der Waals surface area contributed by atoms with Gasteiger partial charge in [-0.3, -0.25) is 4.79 Å². The van der Waals surface area contributed by atoms with E-state index in [0.29, 0.717) is 13.1 Å². The van der Waals surface area contributed by atoms with Crippen LogP contribution in [0.3, 0.4) is 0 Å².